The fourth-order valence-electron chi connectivity index (χ4n) is 0.574. The number of carboxylic acids is 1. The van der Waals surface area contributed by atoms with E-state index in [0.29, 0.717) is 13.0 Å². The Bertz CT molecular complexity index is 136. The molecular formula is C10H20O4. The van der Waals surface area contributed by atoms with Crippen LogP contribution < -0.4 is 0 Å². The number of rotatable bonds is 5. The molecular weight excluding hydrogens is 184 g/mol. The molecule has 0 aromatic carbocycles. The maximum Gasteiger partial charge on any atom is 0.303 e. The summed E-state index contributed by atoms with van der Waals surface area (Å²) in [6.07, 6.45) is 2.98. The molecule has 4 nitrogen and oxygen atoms in total. The summed E-state index contributed by atoms with van der Waals surface area (Å²) in [6.45, 7) is 5.90. The van der Waals surface area contributed by atoms with Crippen molar-refractivity contribution in [3.63, 3.8) is 0 Å². The molecule has 14 heavy (non-hydrogen) atoms. The Hall–Kier alpha value is -1.06. The standard InChI is InChI=1S/2C5H10O2/c1-3-4-7-5(2)6;1-2-3-4-5(6)7/h3-4H2,1-2H3;2-4H2,1H3,(H,6,7). The molecule has 0 atom stereocenters. The van der Waals surface area contributed by atoms with Crippen molar-refractivity contribution in [2.75, 3.05) is 6.61 Å². The summed E-state index contributed by atoms with van der Waals surface area (Å²) in [5.74, 6) is -0.885. The highest BCUT2D eigenvalue weighted by Crippen LogP contribution is 1.91. The summed E-state index contributed by atoms with van der Waals surface area (Å²) in [5.41, 5.74) is 0. The van der Waals surface area contributed by atoms with E-state index in [9.17, 15) is 9.59 Å². The molecule has 0 aliphatic rings. The molecule has 84 valence electrons. The number of esters is 1. The summed E-state index contributed by atoms with van der Waals surface area (Å²) in [6, 6.07) is 0. The van der Waals surface area contributed by atoms with Crippen LogP contribution in [0.3, 0.4) is 0 Å². The minimum atomic E-state index is -0.693. The second-order valence-corrected chi connectivity index (χ2v) is 2.84. The Morgan fingerprint density at radius 3 is 1.93 bits per heavy atom. The number of hydrogen-bond donors (Lipinski definition) is 1. The fourth-order valence-corrected chi connectivity index (χ4v) is 0.574. The van der Waals surface area contributed by atoms with Crippen molar-refractivity contribution in [2.24, 2.45) is 0 Å². The van der Waals surface area contributed by atoms with E-state index in [1.54, 1.807) is 0 Å². The molecule has 0 rings (SSSR count). The lowest BCUT2D eigenvalue weighted by molar-refractivity contribution is -0.141. The van der Waals surface area contributed by atoms with Crippen LogP contribution in [0.4, 0.5) is 0 Å². The van der Waals surface area contributed by atoms with Gasteiger partial charge < -0.3 is 9.84 Å². The van der Waals surface area contributed by atoms with E-state index in [0.717, 1.165) is 19.3 Å². The van der Waals surface area contributed by atoms with Gasteiger partial charge in [-0.2, -0.15) is 0 Å². The number of carbonyl (C=O) groups is 2. The smallest absolute Gasteiger partial charge is 0.303 e. The van der Waals surface area contributed by atoms with Gasteiger partial charge in [0, 0.05) is 13.3 Å². The van der Waals surface area contributed by atoms with Gasteiger partial charge in [-0.1, -0.05) is 20.3 Å². The maximum atomic E-state index is 9.98. The minimum Gasteiger partial charge on any atom is -0.481 e. The van der Waals surface area contributed by atoms with Gasteiger partial charge >= 0.3 is 11.9 Å². The molecule has 0 spiro atoms. The van der Waals surface area contributed by atoms with Crippen molar-refractivity contribution in [3.8, 4) is 0 Å². The molecule has 1 N–H and O–H groups in total. The molecule has 0 unspecified atom stereocenters. The van der Waals surface area contributed by atoms with Crippen molar-refractivity contribution in [3.05, 3.63) is 0 Å². The van der Waals surface area contributed by atoms with E-state index in [2.05, 4.69) is 4.74 Å². The first-order chi connectivity index (χ1) is 6.54. The lowest BCUT2D eigenvalue weighted by Gasteiger charge is -1.93. The number of ether oxygens (including phenoxy) is 1. The molecule has 0 saturated heterocycles. The monoisotopic (exact) mass is 204 g/mol. The highest BCUT2D eigenvalue weighted by molar-refractivity contribution is 5.66. The molecule has 0 radical (unpaired) electrons. The number of unbranched alkanes of at least 4 members (excludes halogenated alkanes) is 1. The van der Waals surface area contributed by atoms with Gasteiger partial charge in [0.25, 0.3) is 0 Å². The Kier molecular flexibility index (Phi) is 13.1. The molecule has 0 aromatic rings. The van der Waals surface area contributed by atoms with Crippen LogP contribution in [0.25, 0.3) is 0 Å². The Morgan fingerprint density at radius 1 is 1.21 bits per heavy atom. The number of hydrogen-bond acceptors (Lipinski definition) is 3. The van der Waals surface area contributed by atoms with Crippen LogP contribution in [0.1, 0.15) is 46.5 Å². The predicted octanol–water partition coefficient (Wildman–Crippen LogP) is 2.22. The van der Waals surface area contributed by atoms with Crippen LogP contribution in [0.5, 0.6) is 0 Å². The minimum absolute atomic E-state index is 0.193. The third-order valence-corrected chi connectivity index (χ3v) is 1.25. The van der Waals surface area contributed by atoms with Gasteiger partial charge in [-0.15, -0.1) is 0 Å². The van der Waals surface area contributed by atoms with Gasteiger partial charge in [0.2, 0.25) is 0 Å². The van der Waals surface area contributed by atoms with Gasteiger partial charge in [-0.3, -0.25) is 9.59 Å². The van der Waals surface area contributed by atoms with Crippen LogP contribution in [0, 0.1) is 0 Å². The first kappa shape index (κ1) is 15.4. The van der Waals surface area contributed by atoms with Gasteiger partial charge in [-0.25, -0.2) is 0 Å². The van der Waals surface area contributed by atoms with E-state index in [1.807, 2.05) is 13.8 Å². The largest absolute Gasteiger partial charge is 0.481 e. The molecule has 0 heterocycles. The highest BCUT2D eigenvalue weighted by atomic mass is 16.5. The van der Waals surface area contributed by atoms with Crippen LogP contribution in [-0.2, 0) is 14.3 Å². The van der Waals surface area contributed by atoms with Crippen LogP contribution in [-0.4, -0.2) is 23.7 Å². The van der Waals surface area contributed by atoms with Crippen LogP contribution in [0.2, 0.25) is 0 Å². The van der Waals surface area contributed by atoms with Crippen LogP contribution >= 0.6 is 0 Å². The van der Waals surface area contributed by atoms with Crippen LogP contribution in [0.15, 0.2) is 0 Å². The SMILES string of the molecule is CCCCC(=O)O.CCCOC(C)=O. The Balaban J connectivity index is 0. The predicted molar refractivity (Wildman–Crippen MR) is 54.1 cm³/mol. The highest BCUT2D eigenvalue weighted by Gasteiger charge is 1.90. The quantitative estimate of drug-likeness (QED) is 0.697. The average molecular weight is 204 g/mol. The van der Waals surface area contributed by atoms with Crippen molar-refractivity contribution >= 4 is 11.9 Å². The zero-order chi connectivity index (χ0) is 11.4. The van der Waals surface area contributed by atoms with Crippen molar-refractivity contribution in [1.29, 1.82) is 0 Å². The van der Waals surface area contributed by atoms with Crippen molar-refractivity contribution in [1.82, 2.24) is 0 Å². The summed E-state index contributed by atoms with van der Waals surface area (Å²) in [7, 11) is 0. The molecule has 0 saturated carbocycles. The molecule has 0 aliphatic carbocycles. The maximum absolute atomic E-state index is 9.98. The van der Waals surface area contributed by atoms with E-state index < -0.39 is 5.97 Å². The zero-order valence-electron chi connectivity index (χ0n) is 9.21. The van der Waals surface area contributed by atoms with E-state index in [-0.39, 0.29) is 5.97 Å². The lowest BCUT2D eigenvalue weighted by atomic mass is 10.3. The topological polar surface area (TPSA) is 63.6 Å². The summed E-state index contributed by atoms with van der Waals surface area (Å²) >= 11 is 0. The van der Waals surface area contributed by atoms with Gasteiger partial charge in [0.15, 0.2) is 0 Å². The first-order valence-corrected chi connectivity index (χ1v) is 4.89. The summed E-state index contributed by atoms with van der Waals surface area (Å²) < 4.78 is 4.55. The summed E-state index contributed by atoms with van der Waals surface area (Å²) in [4.78, 5) is 19.7. The normalized spacial score (nSPS) is 8.50. The number of carboxylic acid groups (broad SMARTS) is 1. The van der Waals surface area contributed by atoms with E-state index >= 15 is 0 Å². The zero-order valence-corrected chi connectivity index (χ0v) is 9.21. The average Bonchev–Trinajstić information content (AvgIpc) is 2.12. The molecule has 0 fully saturated rings. The second kappa shape index (κ2) is 11.9. The van der Waals surface area contributed by atoms with Crippen molar-refractivity contribution in [2.45, 2.75) is 46.5 Å². The Morgan fingerprint density at radius 2 is 1.79 bits per heavy atom. The molecule has 0 aliphatic heterocycles. The van der Waals surface area contributed by atoms with Gasteiger partial charge in [0.1, 0.15) is 0 Å². The Labute approximate surface area is 85.3 Å². The lowest BCUT2D eigenvalue weighted by Crippen LogP contribution is -1.98. The van der Waals surface area contributed by atoms with Gasteiger partial charge in [-0.05, 0) is 12.8 Å². The van der Waals surface area contributed by atoms with Gasteiger partial charge in [0.05, 0.1) is 6.61 Å². The second-order valence-electron chi connectivity index (χ2n) is 2.84. The third kappa shape index (κ3) is 22.4. The number of aliphatic carboxylic acids is 1. The molecule has 4 heteroatoms. The summed E-state index contributed by atoms with van der Waals surface area (Å²) in [5, 5.41) is 8.04. The molecule has 0 aromatic heterocycles. The third-order valence-electron chi connectivity index (χ3n) is 1.25. The van der Waals surface area contributed by atoms with E-state index in [4.69, 9.17) is 5.11 Å². The number of carbonyl (C=O) groups excluding carboxylic acids is 1. The molecule has 0 bridgehead atoms. The fraction of sp³-hybridized carbons (Fsp3) is 0.800. The molecule has 0 amide bonds. The van der Waals surface area contributed by atoms with E-state index in [1.165, 1.54) is 6.92 Å². The first-order valence-electron chi connectivity index (χ1n) is 4.89. The van der Waals surface area contributed by atoms with Crippen molar-refractivity contribution < 1.29 is 19.4 Å².